The van der Waals surface area contributed by atoms with Gasteiger partial charge in [-0.2, -0.15) is 0 Å². The number of allylic oxidation sites excluding steroid dienone is 2. The van der Waals surface area contributed by atoms with Crippen LogP contribution in [0.25, 0.3) is 10.8 Å². The summed E-state index contributed by atoms with van der Waals surface area (Å²) in [7, 11) is 1.77. The van der Waals surface area contributed by atoms with E-state index in [9.17, 15) is 0 Å². The average Bonchev–Trinajstić information content (AvgIpc) is 3.14. The Kier molecular flexibility index (Phi) is 2.54. The van der Waals surface area contributed by atoms with E-state index in [1.807, 2.05) is 0 Å². The fourth-order valence-corrected chi connectivity index (χ4v) is 5.47. The van der Waals surface area contributed by atoms with Crippen LogP contribution in [0.1, 0.15) is 36.8 Å². The van der Waals surface area contributed by atoms with E-state index in [4.69, 9.17) is 4.74 Å². The highest BCUT2D eigenvalue weighted by molar-refractivity contribution is 5.90. The lowest BCUT2D eigenvalue weighted by atomic mass is 9.63. The summed E-state index contributed by atoms with van der Waals surface area (Å²) in [6.07, 6.45) is 11.7. The van der Waals surface area contributed by atoms with Crippen LogP contribution in [-0.2, 0) is 11.8 Å². The first kappa shape index (κ1) is 12.8. The summed E-state index contributed by atoms with van der Waals surface area (Å²) in [4.78, 5) is 0. The number of rotatable bonds is 1. The van der Waals surface area contributed by atoms with Gasteiger partial charge in [-0.15, -0.1) is 0 Å². The van der Waals surface area contributed by atoms with E-state index in [1.165, 1.54) is 42.9 Å². The first-order valence-corrected chi connectivity index (χ1v) is 8.59. The van der Waals surface area contributed by atoms with E-state index in [0.29, 0.717) is 5.41 Å². The molecule has 2 bridgehead atoms. The molecule has 0 heterocycles. The average molecular weight is 290 g/mol. The molecule has 0 amide bonds. The lowest BCUT2D eigenvalue weighted by Crippen LogP contribution is -2.35. The fourth-order valence-electron chi connectivity index (χ4n) is 5.47. The molecule has 1 heteroatoms. The van der Waals surface area contributed by atoms with Crippen molar-refractivity contribution >= 4 is 10.8 Å². The van der Waals surface area contributed by atoms with Crippen molar-refractivity contribution in [3.63, 3.8) is 0 Å². The fraction of sp³-hybridized carbons (Fsp3) is 0.429. The molecule has 2 aromatic carbocycles. The minimum absolute atomic E-state index is 0.435. The molecular formula is C21H22O. The lowest BCUT2D eigenvalue weighted by molar-refractivity contribution is 0.304. The number of ether oxygens (including phenoxy) is 1. The molecule has 5 rings (SSSR count). The third kappa shape index (κ3) is 1.54. The molecule has 0 N–H and O–H groups in total. The van der Waals surface area contributed by atoms with Crippen molar-refractivity contribution in [1.82, 2.24) is 0 Å². The standard InChI is InChI=1S/C21H22O/c1-22-20-6-2-4-15-12-19-16(11-18(15)20)5-3-9-21(19)13-14-7-8-17(21)10-14/h2,4,6-8,11-12,14,17H,3,5,9-10,13H2,1H3. The summed E-state index contributed by atoms with van der Waals surface area (Å²) in [6, 6.07) is 11.3. The van der Waals surface area contributed by atoms with E-state index in [-0.39, 0.29) is 0 Å². The van der Waals surface area contributed by atoms with Crippen molar-refractivity contribution in [2.75, 3.05) is 7.11 Å². The van der Waals surface area contributed by atoms with Crippen LogP contribution in [0, 0.1) is 11.8 Å². The molecule has 112 valence electrons. The van der Waals surface area contributed by atoms with Gasteiger partial charge in [0, 0.05) is 10.8 Å². The second-order valence-corrected chi connectivity index (χ2v) is 7.39. The first-order chi connectivity index (χ1) is 10.8. The second kappa shape index (κ2) is 4.38. The molecule has 0 aromatic heterocycles. The molecular weight excluding hydrogens is 268 g/mol. The van der Waals surface area contributed by atoms with Crippen LogP contribution in [-0.4, -0.2) is 7.11 Å². The van der Waals surface area contributed by atoms with Crippen molar-refractivity contribution in [2.24, 2.45) is 11.8 Å². The Morgan fingerprint density at radius 1 is 1.18 bits per heavy atom. The van der Waals surface area contributed by atoms with Gasteiger partial charge in [0.2, 0.25) is 0 Å². The van der Waals surface area contributed by atoms with E-state index in [0.717, 1.165) is 17.6 Å². The van der Waals surface area contributed by atoms with E-state index >= 15 is 0 Å². The van der Waals surface area contributed by atoms with Crippen LogP contribution in [0.4, 0.5) is 0 Å². The smallest absolute Gasteiger partial charge is 0.126 e. The van der Waals surface area contributed by atoms with Crippen LogP contribution < -0.4 is 4.74 Å². The molecule has 0 radical (unpaired) electrons. The van der Waals surface area contributed by atoms with Crippen LogP contribution in [0.2, 0.25) is 0 Å². The van der Waals surface area contributed by atoms with Gasteiger partial charge in [-0.3, -0.25) is 0 Å². The van der Waals surface area contributed by atoms with Crippen LogP contribution in [0.5, 0.6) is 5.75 Å². The number of hydrogen-bond acceptors (Lipinski definition) is 1. The molecule has 1 nitrogen and oxygen atoms in total. The zero-order valence-electron chi connectivity index (χ0n) is 13.1. The predicted molar refractivity (Wildman–Crippen MR) is 90.5 cm³/mol. The van der Waals surface area contributed by atoms with Crippen molar-refractivity contribution in [3.8, 4) is 5.75 Å². The summed E-state index contributed by atoms with van der Waals surface area (Å²) in [5, 5.41) is 2.62. The zero-order chi connectivity index (χ0) is 14.7. The van der Waals surface area contributed by atoms with E-state index < -0.39 is 0 Å². The van der Waals surface area contributed by atoms with Gasteiger partial charge in [-0.05, 0) is 72.6 Å². The first-order valence-electron chi connectivity index (χ1n) is 8.59. The summed E-state index contributed by atoms with van der Waals surface area (Å²) < 4.78 is 5.57. The van der Waals surface area contributed by atoms with Gasteiger partial charge in [0.25, 0.3) is 0 Å². The lowest BCUT2D eigenvalue weighted by Gasteiger charge is -2.41. The maximum atomic E-state index is 5.57. The Morgan fingerprint density at radius 3 is 2.91 bits per heavy atom. The molecule has 3 unspecified atom stereocenters. The number of hydrogen-bond donors (Lipinski definition) is 0. The Morgan fingerprint density at radius 2 is 2.14 bits per heavy atom. The van der Waals surface area contributed by atoms with Gasteiger partial charge < -0.3 is 4.74 Å². The van der Waals surface area contributed by atoms with Gasteiger partial charge in [0.1, 0.15) is 5.75 Å². The Balaban J connectivity index is 1.75. The highest BCUT2D eigenvalue weighted by Gasteiger charge is 2.50. The summed E-state index contributed by atoms with van der Waals surface area (Å²) >= 11 is 0. The van der Waals surface area contributed by atoms with Crippen molar-refractivity contribution in [1.29, 1.82) is 0 Å². The SMILES string of the molecule is COc1cccc2cc3c(cc12)CCCC31CC2C=CC1C2. The molecule has 1 saturated carbocycles. The van der Waals surface area contributed by atoms with Crippen molar-refractivity contribution < 1.29 is 4.74 Å². The van der Waals surface area contributed by atoms with E-state index in [1.54, 1.807) is 18.2 Å². The maximum Gasteiger partial charge on any atom is 0.126 e. The van der Waals surface area contributed by atoms with Crippen LogP contribution in [0.15, 0.2) is 42.5 Å². The third-order valence-corrected chi connectivity index (χ3v) is 6.40. The topological polar surface area (TPSA) is 9.23 Å². The predicted octanol–water partition coefficient (Wildman–Crippen LogP) is 5.02. The second-order valence-electron chi connectivity index (χ2n) is 7.39. The molecule has 1 fully saturated rings. The minimum atomic E-state index is 0.435. The van der Waals surface area contributed by atoms with Crippen molar-refractivity contribution in [3.05, 3.63) is 53.6 Å². The van der Waals surface area contributed by atoms with Gasteiger partial charge in [-0.25, -0.2) is 0 Å². The van der Waals surface area contributed by atoms with Crippen LogP contribution >= 0.6 is 0 Å². The summed E-state index contributed by atoms with van der Waals surface area (Å²) in [6.45, 7) is 0. The zero-order valence-corrected chi connectivity index (χ0v) is 13.1. The number of benzene rings is 2. The van der Waals surface area contributed by atoms with Gasteiger partial charge in [-0.1, -0.05) is 30.4 Å². The Bertz CT molecular complexity index is 788. The van der Waals surface area contributed by atoms with Crippen molar-refractivity contribution in [2.45, 2.75) is 37.5 Å². The summed E-state index contributed by atoms with van der Waals surface area (Å²) in [5.41, 5.74) is 3.66. The summed E-state index contributed by atoms with van der Waals surface area (Å²) in [5.74, 6) is 2.62. The highest BCUT2D eigenvalue weighted by atomic mass is 16.5. The number of methoxy groups -OCH3 is 1. The monoisotopic (exact) mass is 290 g/mol. The molecule has 1 spiro atoms. The van der Waals surface area contributed by atoms with Gasteiger partial charge in [0.15, 0.2) is 0 Å². The van der Waals surface area contributed by atoms with E-state index in [2.05, 4.69) is 42.5 Å². The van der Waals surface area contributed by atoms with Gasteiger partial charge in [0.05, 0.1) is 7.11 Å². The quantitative estimate of drug-likeness (QED) is 0.670. The molecule has 2 aromatic rings. The molecule has 0 saturated heterocycles. The molecule has 3 aliphatic carbocycles. The molecule has 3 atom stereocenters. The number of aryl methyl sites for hydroxylation is 1. The Labute approximate surface area is 132 Å². The minimum Gasteiger partial charge on any atom is -0.496 e. The molecule has 22 heavy (non-hydrogen) atoms. The number of fused-ring (bicyclic) bond motifs is 6. The largest absolute Gasteiger partial charge is 0.496 e. The van der Waals surface area contributed by atoms with Crippen LogP contribution in [0.3, 0.4) is 0 Å². The highest BCUT2D eigenvalue weighted by Crippen LogP contribution is 2.58. The maximum absolute atomic E-state index is 5.57. The third-order valence-electron chi connectivity index (χ3n) is 6.40. The van der Waals surface area contributed by atoms with Gasteiger partial charge >= 0.3 is 0 Å². The molecule has 3 aliphatic rings. The molecule has 0 aliphatic heterocycles. The Hall–Kier alpha value is -1.76. The normalized spacial score (nSPS) is 31.9.